The molecule has 1 aromatic heterocycles. The molecule has 2 aromatic rings. The maximum atomic E-state index is 11.8. The Hall–Kier alpha value is -2.34. The van der Waals surface area contributed by atoms with Crippen molar-refractivity contribution in [3.8, 4) is 5.75 Å². The molecule has 0 fully saturated rings. The fourth-order valence-electron chi connectivity index (χ4n) is 1.98. The van der Waals surface area contributed by atoms with Crippen molar-refractivity contribution >= 4 is 23.2 Å². The number of nitrogens with one attached hydrogen (secondary N) is 2. The standard InChI is InChI=1S/C17H20N2O3S/c1-22-14-8-6-13(7-9-14)12-19-16(20)5-2-10-18-17(21)15-4-3-11-23-15/h3-4,6-9,11H,2,5,10,12H2,1H3,(H,18,21)(H,19,20). The van der Waals surface area contributed by atoms with E-state index in [-0.39, 0.29) is 11.8 Å². The van der Waals surface area contributed by atoms with Crippen LogP contribution in [0.5, 0.6) is 5.75 Å². The summed E-state index contributed by atoms with van der Waals surface area (Å²) in [6.45, 7) is 0.983. The van der Waals surface area contributed by atoms with E-state index in [0.29, 0.717) is 30.8 Å². The van der Waals surface area contributed by atoms with Gasteiger partial charge >= 0.3 is 0 Å². The van der Waals surface area contributed by atoms with Gasteiger partial charge in [0.15, 0.2) is 0 Å². The number of hydrogen-bond donors (Lipinski definition) is 2. The maximum absolute atomic E-state index is 11.8. The topological polar surface area (TPSA) is 67.4 Å². The monoisotopic (exact) mass is 332 g/mol. The summed E-state index contributed by atoms with van der Waals surface area (Å²) < 4.78 is 5.09. The molecule has 0 radical (unpaired) electrons. The fraction of sp³-hybridized carbons (Fsp3) is 0.294. The number of rotatable bonds is 8. The Kier molecular flexibility index (Phi) is 6.62. The van der Waals surface area contributed by atoms with Gasteiger partial charge in [0.2, 0.25) is 5.91 Å². The number of thiophene rings is 1. The molecule has 0 aliphatic carbocycles. The zero-order chi connectivity index (χ0) is 16.5. The van der Waals surface area contributed by atoms with Crippen LogP contribution in [0, 0.1) is 0 Å². The van der Waals surface area contributed by atoms with Crippen molar-refractivity contribution in [1.82, 2.24) is 10.6 Å². The highest BCUT2D eigenvalue weighted by Crippen LogP contribution is 2.11. The van der Waals surface area contributed by atoms with Crippen LogP contribution in [-0.4, -0.2) is 25.5 Å². The largest absolute Gasteiger partial charge is 0.497 e. The van der Waals surface area contributed by atoms with Gasteiger partial charge in [0, 0.05) is 19.5 Å². The van der Waals surface area contributed by atoms with Gasteiger partial charge in [-0.3, -0.25) is 9.59 Å². The Bertz CT molecular complexity index is 624. The lowest BCUT2D eigenvalue weighted by molar-refractivity contribution is -0.121. The molecule has 0 aliphatic rings. The van der Waals surface area contributed by atoms with Gasteiger partial charge in [0.05, 0.1) is 12.0 Å². The van der Waals surface area contributed by atoms with Crippen LogP contribution < -0.4 is 15.4 Å². The van der Waals surface area contributed by atoms with Crippen molar-refractivity contribution in [2.75, 3.05) is 13.7 Å². The molecule has 0 unspecified atom stereocenters. The summed E-state index contributed by atoms with van der Waals surface area (Å²) in [4.78, 5) is 24.2. The third-order valence-electron chi connectivity index (χ3n) is 3.26. The van der Waals surface area contributed by atoms with Gasteiger partial charge in [-0.25, -0.2) is 0 Å². The molecule has 6 heteroatoms. The second-order valence-electron chi connectivity index (χ2n) is 4.96. The second-order valence-corrected chi connectivity index (χ2v) is 5.91. The number of amides is 2. The average Bonchev–Trinajstić information content (AvgIpc) is 3.12. The zero-order valence-electron chi connectivity index (χ0n) is 13.0. The van der Waals surface area contributed by atoms with Gasteiger partial charge in [-0.2, -0.15) is 0 Å². The molecule has 122 valence electrons. The Morgan fingerprint density at radius 1 is 1.13 bits per heavy atom. The predicted octanol–water partition coefficient (Wildman–Crippen LogP) is 2.58. The van der Waals surface area contributed by atoms with E-state index in [4.69, 9.17) is 4.74 Å². The van der Waals surface area contributed by atoms with Crippen LogP contribution in [0.2, 0.25) is 0 Å². The third-order valence-corrected chi connectivity index (χ3v) is 4.13. The molecule has 2 rings (SSSR count). The molecule has 2 N–H and O–H groups in total. The first-order chi connectivity index (χ1) is 11.2. The van der Waals surface area contributed by atoms with E-state index in [0.717, 1.165) is 11.3 Å². The van der Waals surface area contributed by atoms with Crippen LogP contribution >= 0.6 is 11.3 Å². The summed E-state index contributed by atoms with van der Waals surface area (Å²) >= 11 is 1.40. The lowest BCUT2D eigenvalue weighted by atomic mass is 10.2. The fourth-order valence-corrected chi connectivity index (χ4v) is 2.62. The van der Waals surface area contributed by atoms with Crippen molar-refractivity contribution in [1.29, 1.82) is 0 Å². The SMILES string of the molecule is COc1ccc(CNC(=O)CCCNC(=O)c2cccs2)cc1. The number of carbonyl (C=O) groups excluding carboxylic acids is 2. The average molecular weight is 332 g/mol. The smallest absolute Gasteiger partial charge is 0.261 e. The summed E-state index contributed by atoms with van der Waals surface area (Å²) in [5.41, 5.74) is 1.02. The van der Waals surface area contributed by atoms with Crippen molar-refractivity contribution in [2.45, 2.75) is 19.4 Å². The van der Waals surface area contributed by atoms with Crippen LogP contribution in [0.4, 0.5) is 0 Å². The van der Waals surface area contributed by atoms with Crippen molar-refractivity contribution in [3.63, 3.8) is 0 Å². The van der Waals surface area contributed by atoms with Gasteiger partial charge in [-0.1, -0.05) is 18.2 Å². The maximum Gasteiger partial charge on any atom is 0.261 e. The molecule has 0 bridgehead atoms. The molecule has 5 nitrogen and oxygen atoms in total. The minimum Gasteiger partial charge on any atom is -0.497 e. The highest BCUT2D eigenvalue weighted by molar-refractivity contribution is 7.12. The van der Waals surface area contributed by atoms with E-state index in [2.05, 4.69) is 10.6 Å². The van der Waals surface area contributed by atoms with E-state index in [1.54, 1.807) is 13.2 Å². The Labute approximate surface area is 139 Å². The highest BCUT2D eigenvalue weighted by atomic mass is 32.1. The van der Waals surface area contributed by atoms with Crippen molar-refractivity contribution in [3.05, 3.63) is 52.2 Å². The second kappa shape index (κ2) is 8.95. The van der Waals surface area contributed by atoms with E-state index < -0.39 is 0 Å². The molecule has 0 saturated carbocycles. The van der Waals surface area contributed by atoms with Gasteiger partial charge in [0.25, 0.3) is 5.91 Å². The molecule has 23 heavy (non-hydrogen) atoms. The lowest BCUT2D eigenvalue weighted by Crippen LogP contribution is -2.26. The lowest BCUT2D eigenvalue weighted by Gasteiger charge is -2.07. The van der Waals surface area contributed by atoms with Crippen LogP contribution in [-0.2, 0) is 11.3 Å². The van der Waals surface area contributed by atoms with E-state index in [1.165, 1.54) is 11.3 Å². The Morgan fingerprint density at radius 3 is 2.57 bits per heavy atom. The van der Waals surface area contributed by atoms with Gasteiger partial charge in [-0.05, 0) is 35.6 Å². The van der Waals surface area contributed by atoms with Gasteiger partial charge in [0.1, 0.15) is 5.75 Å². The quantitative estimate of drug-likeness (QED) is 0.730. The molecular formula is C17H20N2O3S. The van der Waals surface area contributed by atoms with E-state index in [9.17, 15) is 9.59 Å². The van der Waals surface area contributed by atoms with Crippen LogP contribution in [0.25, 0.3) is 0 Å². The first-order valence-electron chi connectivity index (χ1n) is 7.40. The predicted molar refractivity (Wildman–Crippen MR) is 90.7 cm³/mol. The molecule has 0 atom stereocenters. The van der Waals surface area contributed by atoms with E-state index in [1.807, 2.05) is 35.7 Å². The minimum atomic E-state index is -0.0846. The Balaban J connectivity index is 1.60. The van der Waals surface area contributed by atoms with Crippen LogP contribution in [0.3, 0.4) is 0 Å². The Morgan fingerprint density at radius 2 is 1.91 bits per heavy atom. The number of carbonyl (C=O) groups is 2. The molecule has 1 aromatic carbocycles. The van der Waals surface area contributed by atoms with Gasteiger partial charge in [-0.15, -0.1) is 11.3 Å². The van der Waals surface area contributed by atoms with E-state index >= 15 is 0 Å². The van der Waals surface area contributed by atoms with Gasteiger partial charge < -0.3 is 15.4 Å². The first-order valence-corrected chi connectivity index (χ1v) is 8.28. The van der Waals surface area contributed by atoms with Crippen molar-refractivity contribution in [2.24, 2.45) is 0 Å². The molecular weight excluding hydrogens is 312 g/mol. The summed E-state index contributed by atoms with van der Waals surface area (Å²) in [6, 6.07) is 11.2. The minimum absolute atomic E-state index is 0.0220. The normalized spacial score (nSPS) is 10.1. The number of methoxy groups -OCH3 is 1. The number of benzene rings is 1. The molecule has 0 saturated heterocycles. The number of hydrogen-bond acceptors (Lipinski definition) is 4. The summed E-state index contributed by atoms with van der Waals surface area (Å²) in [6.07, 6.45) is 1.01. The molecule has 2 amide bonds. The third kappa shape index (κ3) is 5.75. The molecule has 1 heterocycles. The summed E-state index contributed by atoms with van der Waals surface area (Å²) in [5, 5.41) is 7.53. The highest BCUT2D eigenvalue weighted by Gasteiger charge is 2.06. The van der Waals surface area contributed by atoms with Crippen LogP contribution in [0.1, 0.15) is 28.1 Å². The summed E-state index contributed by atoms with van der Waals surface area (Å²) in [5.74, 6) is 0.686. The van der Waals surface area contributed by atoms with Crippen molar-refractivity contribution < 1.29 is 14.3 Å². The zero-order valence-corrected chi connectivity index (χ0v) is 13.8. The summed E-state index contributed by atoms with van der Waals surface area (Å²) in [7, 11) is 1.62. The molecule has 0 spiro atoms. The van der Waals surface area contributed by atoms with Crippen LogP contribution in [0.15, 0.2) is 41.8 Å². The number of ether oxygens (including phenoxy) is 1. The molecule has 0 aliphatic heterocycles. The first kappa shape index (κ1) is 17.0.